The number of pyridine rings is 1. The first-order chi connectivity index (χ1) is 15.8. The molecule has 0 amide bonds. The minimum absolute atomic E-state index is 0.0978. The Hall–Kier alpha value is -4.01. The largest absolute Gasteiger partial charge is 0.489 e. The van der Waals surface area contributed by atoms with Crippen molar-refractivity contribution >= 4 is 0 Å². The average Bonchev–Trinajstić information content (AvgIpc) is 3.19. The number of halogens is 3. The summed E-state index contributed by atoms with van der Waals surface area (Å²) in [6, 6.07) is 14.6. The minimum Gasteiger partial charge on any atom is -0.489 e. The van der Waals surface area contributed by atoms with Gasteiger partial charge in [-0.2, -0.15) is 18.3 Å². The summed E-state index contributed by atoms with van der Waals surface area (Å²) in [6.07, 6.45) is 0.783. The molecular weight excluding hydrogens is 435 g/mol. The van der Waals surface area contributed by atoms with Gasteiger partial charge in [-0.25, -0.2) is 0 Å². The molecule has 2 aromatic heterocycles. The highest BCUT2D eigenvalue weighted by Crippen LogP contribution is 2.32. The second kappa shape index (κ2) is 9.23. The number of hydrogen-bond donors (Lipinski definition) is 0. The van der Waals surface area contributed by atoms with Crippen LogP contribution >= 0.6 is 0 Å². The van der Waals surface area contributed by atoms with Crippen LogP contribution in [0, 0.1) is 0 Å². The Balaban J connectivity index is 1.35. The van der Waals surface area contributed by atoms with Crippen LogP contribution in [0.3, 0.4) is 0 Å². The van der Waals surface area contributed by atoms with E-state index >= 15 is 0 Å². The van der Waals surface area contributed by atoms with Crippen LogP contribution in [0.2, 0.25) is 0 Å². The van der Waals surface area contributed by atoms with Crippen LogP contribution in [0.15, 0.2) is 84.0 Å². The van der Waals surface area contributed by atoms with Crippen molar-refractivity contribution in [2.75, 3.05) is 0 Å². The third-order valence-corrected chi connectivity index (χ3v) is 4.80. The van der Waals surface area contributed by atoms with Crippen molar-refractivity contribution in [2.24, 2.45) is 7.05 Å². The molecule has 0 bridgehead atoms. The molecule has 9 heteroatoms. The number of ether oxygens (including phenoxy) is 2. The number of benzene rings is 2. The van der Waals surface area contributed by atoms with Crippen molar-refractivity contribution in [1.82, 2.24) is 14.3 Å². The number of alkyl halides is 3. The van der Waals surface area contributed by atoms with Gasteiger partial charge >= 0.3 is 6.18 Å². The minimum atomic E-state index is -4.43. The Labute approximate surface area is 187 Å². The topological polar surface area (TPSA) is 58.3 Å². The summed E-state index contributed by atoms with van der Waals surface area (Å²) in [4.78, 5) is 12.3. The summed E-state index contributed by atoms with van der Waals surface area (Å²) in [5.41, 5.74) is 0.764. The molecule has 4 rings (SSSR count). The highest BCUT2D eigenvalue weighted by atomic mass is 19.4. The molecule has 0 N–H and O–H groups in total. The molecular formula is C24H20F3N3O3. The average molecular weight is 455 g/mol. The second-order valence-electron chi connectivity index (χ2n) is 7.41. The predicted octanol–water partition coefficient (Wildman–Crippen LogP) is 5.02. The quantitative estimate of drug-likeness (QED) is 0.393. The SMILES string of the molecule is Cn1cc(Cn2ccc(OCc3ccc(Oc4cccc(C(F)(F)F)c4)cc3)cc2=O)cn1. The standard InChI is InChI=1S/C24H20F3N3O3/c1-29-14-18(13-28-29)15-30-10-9-21(12-23(30)31)32-16-17-5-7-20(8-6-17)33-22-4-2-3-19(11-22)24(25,26)27/h2-14H,15-16H2,1H3. The van der Waals surface area contributed by atoms with Gasteiger partial charge < -0.3 is 14.0 Å². The number of nitrogens with zero attached hydrogens (tertiary/aromatic N) is 3. The van der Waals surface area contributed by atoms with Crippen LogP contribution < -0.4 is 15.0 Å². The lowest BCUT2D eigenvalue weighted by Crippen LogP contribution is -2.19. The van der Waals surface area contributed by atoms with Crippen LogP contribution in [0.25, 0.3) is 0 Å². The van der Waals surface area contributed by atoms with E-state index in [1.54, 1.807) is 52.0 Å². The van der Waals surface area contributed by atoms with E-state index in [4.69, 9.17) is 9.47 Å². The molecule has 0 aliphatic heterocycles. The first-order valence-electron chi connectivity index (χ1n) is 10.0. The van der Waals surface area contributed by atoms with E-state index in [1.165, 1.54) is 18.2 Å². The summed E-state index contributed by atoms with van der Waals surface area (Å²) in [6.45, 7) is 0.635. The molecule has 0 spiro atoms. The lowest BCUT2D eigenvalue weighted by Gasteiger charge is -2.11. The number of aryl methyl sites for hydroxylation is 1. The zero-order valence-corrected chi connectivity index (χ0v) is 17.6. The Morgan fingerprint density at radius 1 is 0.939 bits per heavy atom. The number of hydrogen-bond acceptors (Lipinski definition) is 4. The summed E-state index contributed by atoms with van der Waals surface area (Å²) >= 11 is 0. The first kappa shape index (κ1) is 22.2. The van der Waals surface area contributed by atoms with Crippen LogP contribution in [-0.2, 0) is 26.4 Å². The van der Waals surface area contributed by atoms with Crippen LogP contribution in [0.4, 0.5) is 13.2 Å². The molecule has 2 heterocycles. The predicted molar refractivity (Wildman–Crippen MR) is 115 cm³/mol. The number of aromatic nitrogens is 3. The molecule has 0 unspecified atom stereocenters. The van der Waals surface area contributed by atoms with Gasteiger partial charge in [0.05, 0.1) is 18.3 Å². The van der Waals surface area contributed by atoms with Crippen molar-refractivity contribution in [2.45, 2.75) is 19.3 Å². The maximum absolute atomic E-state index is 12.8. The fourth-order valence-electron chi connectivity index (χ4n) is 3.15. The van der Waals surface area contributed by atoms with Crippen LogP contribution in [0.1, 0.15) is 16.7 Å². The van der Waals surface area contributed by atoms with Crippen molar-refractivity contribution in [1.29, 1.82) is 0 Å². The molecule has 0 radical (unpaired) electrons. The maximum Gasteiger partial charge on any atom is 0.416 e. The van der Waals surface area contributed by atoms with Gasteiger partial charge in [-0.3, -0.25) is 9.48 Å². The van der Waals surface area contributed by atoms with E-state index in [-0.39, 0.29) is 17.9 Å². The molecule has 170 valence electrons. The van der Waals surface area contributed by atoms with Gasteiger partial charge in [0.1, 0.15) is 23.9 Å². The lowest BCUT2D eigenvalue weighted by atomic mass is 10.2. The fourth-order valence-corrected chi connectivity index (χ4v) is 3.15. The van der Waals surface area contributed by atoms with Crippen molar-refractivity contribution in [3.8, 4) is 17.2 Å². The highest BCUT2D eigenvalue weighted by molar-refractivity contribution is 5.36. The van der Waals surface area contributed by atoms with Crippen molar-refractivity contribution < 1.29 is 22.6 Å². The molecule has 0 fully saturated rings. The fraction of sp³-hybridized carbons (Fsp3) is 0.167. The van der Waals surface area contributed by atoms with E-state index in [0.717, 1.165) is 23.3 Å². The maximum atomic E-state index is 12.8. The third-order valence-electron chi connectivity index (χ3n) is 4.80. The molecule has 0 saturated heterocycles. The van der Waals surface area contributed by atoms with Gasteiger partial charge in [0.15, 0.2) is 0 Å². The zero-order valence-electron chi connectivity index (χ0n) is 17.6. The van der Waals surface area contributed by atoms with Gasteiger partial charge in [0.25, 0.3) is 5.56 Å². The molecule has 2 aromatic carbocycles. The van der Waals surface area contributed by atoms with Crippen molar-refractivity contribution in [3.05, 3.63) is 106 Å². The molecule has 0 saturated carbocycles. The third kappa shape index (κ3) is 5.82. The van der Waals surface area contributed by atoms with E-state index < -0.39 is 11.7 Å². The summed E-state index contributed by atoms with van der Waals surface area (Å²) < 4.78 is 53.0. The smallest absolute Gasteiger partial charge is 0.416 e. The summed E-state index contributed by atoms with van der Waals surface area (Å²) in [5, 5.41) is 4.09. The lowest BCUT2D eigenvalue weighted by molar-refractivity contribution is -0.137. The van der Waals surface area contributed by atoms with Gasteiger partial charge in [-0.1, -0.05) is 18.2 Å². The molecule has 0 aliphatic rings. The van der Waals surface area contributed by atoms with Gasteiger partial charge in [-0.15, -0.1) is 0 Å². The zero-order chi connectivity index (χ0) is 23.4. The number of rotatable bonds is 7. The molecule has 0 aliphatic carbocycles. The van der Waals surface area contributed by atoms with Gasteiger partial charge in [0.2, 0.25) is 0 Å². The summed E-state index contributed by atoms with van der Waals surface area (Å²) in [7, 11) is 1.81. The molecule has 0 atom stereocenters. The van der Waals surface area contributed by atoms with Gasteiger partial charge in [-0.05, 0) is 42.0 Å². The van der Waals surface area contributed by atoms with E-state index in [0.29, 0.717) is 18.0 Å². The van der Waals surface area contributed by atoms with E-state index in [1.807, 2.05) is 13.2 Å². The monoisotopic (exact) mass is 455 g/mol. The Bertz CT molecular complexity index is 1290. The summed E-state index contributed by atoms with van der Waals surface area (Å²) in [5.74, 6) is 0.934. The Morgan fingerprint density at radius 2 is 1.73 bits per heavy atom. The van der Waals surface area contributed by atoms with Crippen molar-refractivity contribution in [3.63, 3.8) is 0 Å². The Morgan fingerprint density at radius 3 is 2.39 bits per heavy atom. The molecule has 33 heavy (non-hydrogen) atoms. The van der Waals surface area contributed by atoms with E-state index in [9.17, 15) is 18.0 Å². The molecule has 6 nitrogen and oxygen atoms in total. The van der Waals surface area contributed by atoms with Gasteiger partial charge in [0, 0.05) is 31.1 Å². The Kier molecular flexibility index (Phi) is 6.21. The second-order valence-corrected chi connectivity index (χ2v) is 7.41. The van der Waals surface area contributed by atoms with Crippen LogP contribution in [0.5, 0.6) is 17.2 Å². The first-order valence-corrected chi connectivity index (χ1v) is 10.0. The van der Waals surface area contributed by atoms with Crippen LogP contribution in [-0.4, -0.2) is 14.3 Å². The normalized spacial score (nSPS) is 11.4. The highest BCUT2D eigenvalue weighted by Gasteiger charge is 2.30. The van der Waals surface area contributed by atoms with E-state index in [2.05, 4.69) is 5.10 Å². The molecule has 4 aromatic rings.